The van der Waals surface area contributed by atoms with Crippen molar-refractivity contribution < 1.29 is 14.0 Å². The molecule has 0 radical (unpaired) electrons. The van der Waals surface area contributed by atoms with Gasteiger partial charge in [-0.2, -0.15) is 0 Å². The van der Waals surface area contributed by atoms with E-state index in [4.69, 9.17) is 0 Å². The van der Waals surface area contributed by atoms with Gasteiger partial charge in [-0.3, -0.25) is 9.59 Å². The van der Waals surface area contributed by atoms with Gasteiger partial charge in [0, 0.05) is 37.7 Å². The van der Waals surface area contributed by atoms with Gasteiger partial charge < -0.3 is 15.1 Å². The Kier molecular flexibility index (Phi) is 6.99. The van der Waals surface area contributed by atoms with Gasteiger partial charge in [0.2, 0.25) is 5.91 Å². The molecule has 0 bridgehead atoms. The first-order chi connectivity index (χ1) is 13.9. The average molecular weight is 397 g/mol. The van der Waals surface area contributed by atoms with E-state index in [0.717, 1.165) is 12.1 Å². The highest BCUT2D eigenvalue weighted by atomic mass is 19.1. The number of nitrogens with zero attached hydrogens (tertiary/aromatic N) is 2. The molecule has 2 amide bonds. The number of piperidine rings is 1. The van der Waals surface area contributed by atoms with E-state index < -0.39 is 5.82 Å². The van der Waals surface area contributed by atoms with Gasteiger partial charge in [-0.1, -0.05) is 36.4 Å². The van der Waals surface area contributed by atoms with E-state index in [2.05, 4.69) is 5.32 Å². The predicted octanol–water partition coefficient (Wildman–Crippen LogP) is 2.75. The van der Waals surface area contributed by atoms with Gasteiger partial charge in [0.1, 0.15) is 5.82 Å². The number of hydrogen-bond donors (Lipinski definition) is 1. The van der Waals surface area contributed by atoms with Crippen LogP contribution in [0.1, 0.15) is 28.3 Å². The minimum Gasteiger partial charge on any atom is -0.355 e. The van der Waals surface area contributed by atoms with Crippen LogP contribution in [0.25, 0.3) is 0 Å². The van der Waals surface area contributed by atoms with Gasteiger partial charge in [0.05, 0.1) is 5.92 Å². The van der Waals surface area contributed by atoms with Crippen LogP contribution in [0.15, 0.2) is 54.6 Å². The van der Waals surface area contributed by atoms with Crippen molar-refractivity contribution >= 4 is 11.8 Å². The van der Waals surface area contributed by atoms with E-state index in [1.54, 1.807) is 11.0 Å². The number of carbonyl (C=O) groups is 2. The van der Waals surface area contributed by atoms with Gasteiger partial charge in [-0.25, -0.2) is 4.39 Å². The summed E-state index contributed by atoms with van der Waals surface area (Å²) in [6, 6.07) is 15.7. The van der Waals surface area contributed by atoms with E-state index in [9.17, 15) is 14.0 Å². The van der Waals surface area contributed by atoms with Crippen molar-refractivity contribution in [3.8, 4) is 0 Å². The van der Waals surface area contributed by atoms with Crippen molar-refractivity contribution in [2.75, 3.05) is 40.3 Å². The fourth-order valence-electron chi connectivity index (χ4n) is 3.77. The zero-order valence-electron chi connectivity index (χ0n) is 17.0. The molecule has 0 unspecified atom stereocenters. The zero-order valence-corrected chi connectivity index (χ0v) is 17.0. The number of nitrogens with one attached hydrogen (secondary N) is 1. The highest BCUT2D eigenvalue weighted by Crippen LogP contribution is 2.31. The molecule has 0 aliphatic carbocycles. The molecule has 1 fully saturated rings. The van der Waals surface area contributed by atoms with Crippen LogP contribution in [0.3, 0.4) is 0 Å². The Morgan fingerprint density at radius 1 is 1.10 bits per heavy atom. The topological polar surface area (TPSA) is 52.7 Å². The average Bonchev–Trinajstić information content (AvgIpc) is 2.73. The Morgan fingerprint density at radius 2 is 1.86 bits per heavy atom. The molecular weight excluding hydrogens is 369 g/mol. The molecule has 154 valence electrons. The van der Waals surface area contributed by atoms with E-state index >= 15 is 0 Å². The summed E-state index contributed by atoms with van der Waals surface area (Å²) in [6.07, 6.45) is 0.685. The van der Waals surface area contributed by atoms with Crippen LogP contribution in [0.5, 0.6) is 0 Å². The van der Waals surface area contributed by atoms with Crippen molar-refractivity contribution in [3.05, 3.63) is 71.5 Å². The molecule has 1 heterocycles. The van der Waals surface area contributed by atoms with Crippen LogP contribution in [-0.4, -0.2) is 61.9 Å². The molecule has 3 rings (SSSR count). The van der Waals surface area contributed by atoms with Crippen LogP contribution in [0.4, 0.5) is 4.39 Å². The number of rotatable bonds is 6. The molecule has 5 nitrogen and oxygen atoms in total. The summed E-state index contributed by atoms with van der Waals surface area (Å²) in [6.45, 7) is 2.18. The summed E-state index contributed by atoms with van der Waals surface area (Å²) in [5.74, 6) is -0.952. The molecule has 0 saturated carbocycles. The summed E-state index contributed by atoms with van der Waals surface area (Å²) in [7, 11) is 3.91. The Balaban J connectivity index is 1.78. The van der Waals surface area contributed by atoms with Crippen LogP contribution >= 0.6 is 0 Å². The Labute approximate surface area is 171 Å². The molecule has 1 aliphatic heterocycles. The highest BCUT2D eigenvalue weighted by molar-refractivity contribution is 5.94. The van der Waals surface area contributed by atoms with E-state index in [1.807, 2.05) is 49.3 Å². The fourth-order valence-corrected chi connectivity index (χ4v) is 3.77. The van der Waals surface area contributed by atoms with Gasteiger partial charge >= 0.3 is 0 Å². The molecule has 29 heavy (non-hydrogen) atoms. The third-order valence-corrected chi connectivity index (χ3v) is 5.31. The number of likely N-dealkylation sites (tertiary alicyclic amines) is 1. The Bertz CT molecular complexity index is 841. The largest absolute Gasteiger partial charge is 0.355 e. The smallest absolute Gasteiger partial charge is 0.253 e. The maximum atomic E-state index is 13.6. The minimum atomic E-state index is -0.439. The van der Waals surface area contributed by atoms with Crippen molar-refractivity contribution in [2.24, 2.45) is 5.92 Å². The number of halogens is 1. The van der Waals surface area contributed by atoms with Crippen LogP contribution < -0.4 is 5.32 Å². The second-order valence-electron chi connectivity index (χ2n) is 7.86. The SMILES string of the molecule is CN(C)CCNC(=O)[C@@H]1C[C@H](c2ccccc2)CN(C(=O)c2cccc(F)c2)C1. The Morgan fingerprint density at radius 3 is 2.55 bits per heavy atom. The molecule has 1 N–H and O–H groups in total. The Hall–Kier alpha value is -2.73. The minimum absolute atomic E-state index is 0.0375. The molecule has 0 spiro atoms. The first kappa shape index (κ1) is 21.0. The summed E-state index contributed by atoms with van der Waals surface area (Å²) in [4.78, 5) is 29.5. The monoisotopic (exact) mass is 397 g/mol. The van der Waals surface area contributed by atoms with E-state index in [1.165, 1.54) is 18.2 Å². The molecule has 0 aromatic heterocycles. The van der Waals surface area contributed by atoms with Crippen molar-refractivity contribution in [2.45, 2.75) is 12.3 Å². The van der Waals surface area contributed by atoms with Gasteiger partial charge in [-0.05, 0) is 44.3 Å². The third kappa shape index (κ3) is 5.64. The second kappa shape index (κ2) is 9.65. The number of amides is 2. The number of hydrogen-bond acceptors (Lipinski definition) is 3. The molecule has 6 heteroatoms. The molecule has 2 aromatic rings. The lowest BCUT2D eigenvalue weighted by atomic mass is 9.83. The molecule has 2 atom stereocenters. The normalized spacial score (nSPS) is 19.2. The second-order valence-corrected chi connectivity index (χ2v) is 7.86. The van der Waals surface area contributed by atoms with Crippen LogP contribution in [0.2, 0.25) is 0 Å². The molecule has 2 aromatic carbocycles. The van der Waals surface area contributed by atoms with Gasteiger partial charge in [-0.15, -0.1) is 0 Å². The van der Waals surface area contributed by atoms with Crippen molar-refractivity contribution in [1.82, 2.24) is 15.1 Å². The first-order valence-electron chi connectivity index (χ1n) is 9.96. The standard InChI is InChI=1S/C23H28FN3O2/c1-26(2)12-11-25-22(28)20-13-19(17-7-4-3-5-8-17)15-27(16-20)23(29)18-9-6-10-21(24)14-18/h3-10,14,19-20H,11-13,15-16H2,1-2H3,(H,25,28)/t19-,20+/m0/s1. The van der Waals surface area contributed by atoms with Gasteiger partial charge in [0.15, 0.2) is 0 Å². The van der Waals surface area contributed by atoms with Crippen molar-refractivity contribution in [3.63, 3.8) is 0 Å². The summed E-state index contributed by atoms with van der Waals surface area (Å²) in [5, 5.41) is 2.99. The molecule has 1 saturated heterocycles. The fraction of sp³-hybridized carbons (Fsp3) is 0.391. The predicted molar refractivity (Wildman–Crippen MR) is 111 cm³/mol. The molecule has 1 aliphatic rings. The maximum Gasteiger partial charge on any atom is 0.253 e. The van der Waals surface area contributed by atoms with E-state index in [-0.39, 0.29) is 23.7 Å². The summed E-state index contributed by atoms with van der Waals surface area (Å²) < 4.78 is 13.6. The van der Waals surface area contributed by atoms with Gasteiger partial charge in [0.25, 0.3) is 5.91 Å². The van der Waals surface area contributed by atoms with Crippen LogP contribution in [-0.2, 0) is 4.79 Å². The number of benzene rings is 2. The number of likely N-dealkylation sites (N-methyl/N-ethyl adjacent to an activating group) is 1. The highest BCUT2D eigenvalue weighted by Gasteiger charge is 2.34. The summed E-state index contributed by atoms with van der Waals surface area (Å²) >= 11 is 0. The first-order valence-corrected chi connectivity index (χ1v) is 9.96. The lowest BCUT2D eigenvalue weighted by Gasteiger charge is -2.37. The number of carbonyl (C=O) groups excluding carboxylic acids is 2. The molecular formula is C23H28FN3O2. The van der Waals surface area contributed by atoms with Crippen LogP contribution in [0, 0.1) is 11.7 Å². The third-order valence-electron chi connectivity index (χ3n) is 5.31. The quantitative estimate of drug-likeness (QED) is 0.816. The maximum absolute atomic E-state index is 13.6. The lowest BCUT2D eigenvalue weighted by Crippen LogP contribution is -2.48. The summed E-state index contributed by atoms with van der Waals surface area (Å²) in [5.41, 5.74) is 1.42. The lowest BCUT2D eigenvalue weighted by molar-refractivity contribution is -0.126. The van der Waals surface area contributed by atoms with Crippen molar-refractivity contribution in [1.29, 1.82) is 0 Å². The van der Waals surface area contributed by atoms with E-state index in [0.29, 0.717) is 31.6 Å². The zero-order chi connectivity index (χ0) is 20.8.